The van der Waals surface area contributed by atoms with Gasteiger partial charge in [-0.1, -0.05) is 282 Å². The molecule has 0 fully saturated rings. The molecule has 8 bridgehead atoms. The highest BCUT2D eigenvalue weighted by Gasteiger charge is 2.32. The molecule has 0 radical (unpaired) electrons. The van der Waals surface area contributed by atoms with Crippen LogP contribution in [-0.4, -0.2) is 45.8 Å². The molecule has 0 saturated carbocycles. The van der Waals surface area contributed by atoms with Crippen LogP contribution in [0.3, 0.4) is 0 Å². The lowest BCUT2D eigenvalue weighted by molar-refractivity contribution is 0.104. The van der Waals surface area contributed by atoms with Crippen molar-refractivity contribution in [2.24, 2.45) is 0 Å². The van der Waals surface area contributed by atoms with E-state index in [0.717, 1.165) is 84.3 Å². The number of rotatable bonds is 26. The molecule has 8 aromatic carbocycles. The number of carbonyl (C=O) groups is 1. The fourth-order valence-corrected chi connectivity index (χ4v) is 15.5. The van der Waals surface area contributed by atoms with Crippen LogP contribution in [0.5, 0.6) is 57.5 Å². The first-order valence-electron chi connectivity index (χ1n) is 41.9. The fraction of sp³-hybridized carbons (Fsp3) is 0.353. The maximum atomic E-state index is 14.8. The number of nitrogens with one attached hydrogen (secondary N) is 2. The zero-order valence-corrected chi connectivity index (χ0v) is 72.7. The summed E-state index contributed by atoms with van der Waals surface area (Å²) in [7, 11) is 0. The number of benzene rings is 8. The van der Waals surface area contributed by atoms with Gasteiger partial charge in [-0.3, -0.25) is 4.79 Å². The van der Waals surface area contributed by atoms with E-state index in [0.29, 0.717) is 96.2 Å². The Hall–Kier alpha value is -11.6. The van der Waals surface area contributed by atoms with Gasteiger partial charge < -0.3 is 43.5 Å². The average Bonchev–Trinajstić information content (AvgIpc) is 1.69. The molecule has 13 rings (SSSR count). The predicted octanol–water partition coefficient (Wildman–Crippen LogP) is 29.4. The Morgan fingerprint density at radius 1 is 0.342 bits per heavy atom. The minimum Gasteiger partial charge on any atom is -0.506 e. The second-order valence-electron chi connectivity index (χ2n) is 35.0. The minimum absolute atomic E-state index is 0.0128. The number of aliphatic hydroxyl groups excluding tert-OH is 1. The standard InChI is InChI=1S/C102H115N7O8/c1-52(2)66-32-26-33-67(53(3)4)92(66)112-64(25)86(113-93-68(54(5)6)34-27-35-69(93)55(7)8)44-65-45-91-105-98(65)107-102-81-49-90(117-97-76(62(21)22)42-31-43-77(97)63(23)24)88(115-95-72(58(13)14)38-29-39-73(95)59(15)16)47-79(81)100(109-102)104-83-50-82(84(110)51-85(83)111)103-99-78-46-87(114-94-70(56(9)10)36-28-37-71(94)57(11)12)89(48-80(78)101(106-91)108-99)116-96-74(60(17)18)40-30-41-75(96)61(19)20/h26-63,111H,25H2,1-24H3,(H2,103,104,105,106,107,108,109)/b86-44+. The summed E-state index contributed by atoms with van der Waals surface area (Å²) in [5.74, 6) is 6.75. The van der Waals surface area contributed by atoms with E-state index in [9.17, 15) is 9.90 Å². The van der Waals surface area contributed by atoms with E-state index in [4.69, 9.17) is 59.9 Å². The first-order chi connectivity index (χ1) is 55.6. The van der Waals surface area contributed by atoms with Crippen LogP contribution in [0.2, 0.25) is 0 Å². The molecule has 0 amide bonds. The molecule has 606 valence electrons. The van der Waals surface area contributed by atoms with Crippen molar-refractivity contribution in [1.29, 1.82) is 0 Å². The third-order valence-corrected chi connectivity index (χ3v) is 22.2. The van der Waals surface area contributed by atoms with Crippen LogP contribution < -0.4 is 28.4 Å². The van der Waals surface area contributed by atoms with Gasteiger partial charge in [-0.15, -0.1) is 0 Å². The van der Waals surface area contributed by atoms with Crippen molar-refractivity contribution in [2.45, 2.75) is 237 Å². The van der Waals surface area contributed by atoms with Gasteiger partial charge in [-0.05, 0) is 180 Å². The summed E-state index contributed by atoms with van der Waals surface area (Å²) in [6.45, 7) is 56.8. The highest BCUT2D eigenvalue weighted by molar-refractivity contribution is 6.10. The van der Waals surface area contributed by atoms with Gasteiger partial charge >= 0.3 is 0 Å². The third kappa shape index (κ3) is 17.2. The van der Waals surface area contributed by atoms with Crippen molar-refractivity contribution in [3.8, 4) is 80.3 Å². The number of para-hydroxylation sites is 6. The number of ketones is 1. The maximum Gasteiger partial charge on any atom is 0.208 e. The van der Waals surface area contributed by atoms with E-state index < -0.39 is 11.5 Å². The van der Waals surface area contributed by atoms with Crippen molar-refractivity contribution in [3.63, 3.8) is 0 Å². The van der Waals surface area contributed by atoms with Crippen molar-refractivity contribution < 1.29 is 38.3 Å². The maximum absolute atomic E-state index is 14.8. The summed E-state index contributed by atoms with van der Waals surface area (Å²) < 4.78 is 44.7. The van der Waals surface area contributed by atoms with Gasteiger partial charge in [0.2, 0.25) is 5.78 Å². The molecule has 1 aliphatic carbocycles. The SMILES string of the molecule is C=C(Oc1c(C(C)C)cccc1C(C)C)/C(=C\c1cc2nc3[nH]c(nc4cc(nc5nc(nc1[nH]2)-c1cc(Oc2c(C(C)C)cccc2C(C)C)c(Oc2c(C(C)C)cccc2C(C)C)cc1-5)C(O)=CC4=O)c1cc(Oc2c(C(C)C)cccc2C(C)C)c(Oc2c(C(C)C)cccc2C(C)C)cc31)Oc1c(C(C)C)cccc1C(C)C. The van der Waals surface area contributed by atoms with Gasteiger partial charge in [0.25, 0.3) is 0 Å². The summed E-state index contributed by atoms with van der Waals surface area (Å²) in [6.07, 6.45) is 3.05. The van der Waals surface area contributed by atoms with Gasteiger partial charge in [-0.2, -0.15) is 0 Å². The number of aromatic amines is 2. The first-order valence-corrected chi connectivity index (χ1v) is 41.9. The molecule has 15 heteroatoms. The molecule has 2 aliphatic rings. The molecule has 117 heavy (non-hydrogen) atoms. The summed E-state index contributed by atoms with van der Waals surface area (Å²) in [5, 5.41) is 13.4. The van der Waals surface area contributed by atoms with E-state index in [-0.39, 0.29) is 105 Å². The number of carbonyl (C=O) groups excluding carboxylic acids is 1. The molecular formula is C102H115N7O8. The number of aromatic nitrogens is 7. The molecule has 1 aliphatic heterocycles. The quantitative estimate of drug-likeness (QED) is 0.0343. The second kappa shape index (κ2) is 34.3. The van der Waals surface area contributed by atoms with Crippen LogP contribution in [0.15, 0.2) is 170 Å². The Balaban J connectivity index is 1.19. The van der Waals surface area contributed by atoms with Gasteiger partial charge in [0.05, 0.1) is 0 Å². The molecule has 3 aromatic heterocycles. The number of H-pyrrole nitrogens is 2. The number of allylic oxidation sites excluding steroid dienone is 1. The van der Waals surface area contributed by atoms with Crippen LogP contribution in [0.4, 0.5) is 0 Å². The molecule has 0 spiro atoms. The molecule has 0 atom stereocenters. The summed E-state index contributed by atoms with van der Waals surface area (Å²) in [5.41, 5.74) is 15.0. The van der Waals surface area contributed by atoms with Crippen LogP contribution in [0.1, 0.15) is 326 Å². The fourth-order valence-electron chi connectivity index (χ4n) is 15.5. The lowest BCUT2D eigenvalue weighted by Gasteiger charge is -2.24. The Labute approximate surface area is 691 Å². The summed E-state index contributed by atoms with van der Waals surface area (Å²) in [4.78, 5) is 49.3. The lowest BCUT2D eigenvalue weighted by Crippen LogP contribution is -2.11. The highest BCUT2D eigenvalue weighted by Crippen LogP contribution is 2.52. The Morgan fingerprint density at radius 2 is 0.650 bits per heavy atom. The summed E-state index contributed by atoms with van der Waals surface area (Å²) in [6, 6.07) is 49.0. The van der Waals surface area contributed by atoms with E-state index in [1.165, 1.54) is 6.07 Å². The Morgan fingerprint density at radius 3 is 0.991 bits per heavy atom. The number of fused-ring (bicyclic) bond motifs is 14. The number of hydrogen-bond acceptors (Lipinski definition) is 13. The highest BCUT2D eigenvalue weighted by atomic mass is 16.5. The van der Waals surface area contributed by atoms with Gasteiger partial charge in [-0.25, -0.2) is 24.9 Å². The monoisotopic (exact) mass is 1570 g/mol. The minimum atomic E-state index is -0.566. The molecule has 3 N–H and O–H groups in total. The zero-order valence-electron chi connectivity index (χ0n) is 72.7. The molecule has 11 aromatic rings. The van der Waals surface area contributed by atoms with Crippen LogP contribution in [0.25, 0.3) is 68.0 Å². The predicted molar refractivity (Wildman–Crippen MR) is 478 cm³/mol. The topological polar surface area (TPSA) is 189 Å². The van der Waals surface area contributed by atoms with Gasteiger partial charge in [0, 0.05) is 33.5 Å². The van der Waals surface area contributed by atoms with Crippen LogP contribution >= 0.6 is 0 Å². The van der Waals surface area contributed by atoms with E-state index in [2.05, 4.69) is 285 Å². The lowest BCUT2D eigenvalue weighted by atomic mass is 9.93. The van der Waals surface area contributed by atoms with Crippen molar-refractivity contribution in [3.05, 3.63) is 253 Å². The molecule has 4 heterocycles. The van der Waals surface area contributed by atoms with Crippen molar-refractivity contribution >= 4 is 51.0 Å². The van der Waals surface area contributed by atoms with E-state index in [1.807, 2.05) is 36.4 Å². The molecular weight excluding hydrogens is 1450 g/mol. The number of aliphatic hydroxyl groups is 1. The Bertz CT molecular complexity index is 5740. The Kier molecular flexibility index (Phi) is 24.4. The largest absolute Gasteiger partial charge is 0.506 e. The van der Waals surface area contributed by atoms with Crippen LogP contribution in [0, 0.1) is 0 Å². The second-order valence-corrected chi connectivity index (χ2v) is 35.0. The molecule has 0 saturated heterocycles. The first kappa shape index (κ1) is 83.4. The smallest absolute Gasteiger partial charge is 0.208 e. The number of ether oxygens (including phenoxy) is 6. The van der Waals surface area contributed by atoms with E-state index >= 15 is 0 Å². The summed E-state index contributed by atoms with van der Waals surface area (Å²) >= 11 is 0. The van der Waals surface area contributed by atoms with Gasteiger partial charge in [0.15, 0.2) is 46.2 Å². The van der Waals surface area contributed by atoms with Gasteiger partial charge in [0.1, 0.15) is 74.2 Å². The normalized spacial score (nSPS) is 12.7. The van der Waals surface area contributed by atoms with Crippen molar-refractivity contribution in [2.75, 3.05) is 0 Å². The zero-order chi connectivity index (χ0) is 84.0. The van der Waals surface area contributed by atoms with Crippen LogP contribution in [-0.2, 0) is 0 Å². The molecule has 0 unspecified atom stereocenters. The van der Waals surface area contributed by atoms with Crippen molar-refractivity contribution in [1.82, 2.24) is 34.9 Å². The number of hydrogen-bond donors (Lipinski definition) is 3. The number of nitrogens with zero attached hydrogens (tertiary/aromatic N) is 5. The molecule has 15 nitrogen and oxygen atoms in total. The van der Waals surface area contributed by atoms with E-state index in [1.54, 1.807) is 0 Å². The third-order valence-electron chi connectivity index (χ3n) is 22.2. The average molecular weight is 1570 g/mol.